The van der Waals surface area contributed by atoms with E-state index >= 15 is 0 Å². The van der Waals surface area contributed by atoms with Gasteiger partial charge in [0.25, 0.3) is 5.91 Å². The number of nitrogen functional groups attached to an aromatic ring is 1. The Morgan fingerprint density at radius 2 is 1.90 bits per heavy atom. The van der Waals surface area contributed by atoms with Gasteiger partial charge in [-0.15, -0.1) is 23.1 Å². The summed E-state index contributed by atoms with van der Waals surface area (Å²) in [6, 6.07) is 0. The van der Waals surface area contributed by atoms with E-state index in [0.717, 1.165) is 30.2 Å². The Hall–Kier alpha value is -2.66. The Labute approximate surface area is 286 Å². The van der Waals surface area contributed by atoms with Crippen LogP contribution in [0, 0.1) is 11.2 Å². The molecule has 5 rings (SSSR count). The summed E-state index contributed by atoms with van der Waals surface area (Å²) < 4.78 is 71.6. The van der Waals surface area contributed by atoms with Crippen LogP contribution in [0.4, 0.5) is 17.3 Å². The number of carbonyl (C=O) groups is 2. The number of methoxy groups -OCH3 is 1. The number of rotatable bonds is 12. The number of nitrogens with two attached hydrogens (primary N) is 1. The van der Waals surface area contributed by atoms with E-state index in [9.17, 15) is 33.1 Å². The molecule has 2 aliphatic rings. The fraction of sp³-hybridized carbons (Fsp3) is 0.400. The zero-order valence-electron chi connectivity index (χ0n) is 24.3. The Morgan fingerprint density at radius 3 is 2.53 bits per heavy atom. The topological polar surface area (TPSA) is 320 Å². The standard InChI is InChI=1S/C20H22N7O16P3S3/c1-22-8-7(12(17(29)37-2)49-19(8)48-3)24-14(28)18-40-10-6(4-38-45(33,34)43-46(35,36)42-44(30,31)32)39-16(11(10)41-18)27-5-23-9-13(27)25-20(21)26-15(9)47/h5-6,10-11,16,18H,4H2,2-3H3,(H,24,28)(H,33,34)(H,35,36)(H2,30,31,32)(H3,21,25,26,47)/t6?,10?,11?,16?,18-/m1/s1. The second kappa shape index (κ2) is 14.2. The fourth-order valence-electron chi connectivity index (χ4n) is 4.59. The number of aromatic nitrogens is 4. The number of hydrogen-bond acceptors (Lipinski definition) is 18. The molecule has 6 unspecified atom stereocenters. The van der Waals surface area contributed by atoms with Gasteiger partial charge in [0.05, 0.1) is 36.5 Å². The Bertz CT molecular complexity index is 2060. The number of phosphoric ester groups is 1. The molecule has 0 saturated carbocycles. The van der Waals surface area contributed by atoms with Gasteiger partial charge in [-0.05, 0) is 6.26 Å². The van der Waals surface area contributed by atoms with E-state index in [1.165, 1.54) is 10.9 Å². The zero-order chi connectivity index (χ0) is 36.1. The zero-order valence-corrected chi connectivity index (χ0v) is 29.4. The summed E-state index contributed by atoms with van der Waals surface area (Å²) in [6.45, 7) is 6.60. The maximum absolute atomic E-state index is 13.5. The van der Waals surface area contributed by atoms with Crippen molar-refractivity contribution in [1.82, 2.24) is 19.5 Å². The van der Waals surface area contributed by atoms with Gasteiger partial charge in [-0.3, -0.25) is 13.9 Å². The third-order valence-electron chi connectivity index (χ3n) is 6.37. The first-order valence-corrected chi connectivity index (χ1v) is 19.8. The van der Waals surface area contributed by atoms with Crippen molar-refractivity contribution < 1.29 is 75.0 Å². The van der Waals surface area contributed by atoms with E-state index in [1.807, 2.05) is 0 Å². The molecule has 5 heterocycles. The number of aromatic amines is 1. The lowest BCUT2D eigenvalue weighted by molar-refractivity contribution is -0.166. The number of H-pyrrole nitrogens is 1. The number of esters is 1. The molecule has 29 heteroatoms. The number of amides is 1. The third kappa shape index (κ3) is 8.13. The minimum Gasteiger partial charge on any atom is -0.465 e. The highest BCUT2D eigenvalue weighted by Gasteiger charge is 2.56. The van der Waals surface area contributed by atoms with E-state index in [4.69, 9.17) is 57.8 Å². The predicted molar refractivity (Wildman–Crippen MR) is 167 cm³/mol. The summed E-state index contributed by atoms with van der Waals surface area (Å²) >= 11 is 7.31. The lowest BCUT2D eigenvalue weighted by Crippen LogP contribution is -2.34. The van der Waals surface area contributed by atoms with E-state index in [1.54, 1.807) is 6.26 Å². The average molecular weight is 806 g/mol. The first kappa shape index (κ1) is 37.6. The monoisotopic (exact) mass is 805 g/mol. The Kier molecular flexibility index (Phi) is 10.9. The van der Waals surface area contributed by atoms with Crippen LogP contribution in [0.1, 0.15) is 15.9 Å². The van der Waals surface area contributed by atoms with Crippen molar-refractivity contribution in [1.29, 1.82) is 0 Å². The van der Waals surface area contributed by atoms with Crippen molar-refractivity contribution >= 4 is 99.1 Å². The van der Waals surface area contributed by atoms with Gasteiger partial charge < -0.3 is 54.6 Å². The maximum atomic E-state index is 13.5. The first-order chi connectivity index (χ1) is 22.9. The molecule has 0 spiro atoms. The van der Waals surface area contributed by atoms with Crippen molar-refractivity contribution in [2.75, 3.05) is 31.0 Å². The lowest BCUT2D eigenvalue weighted by atomic mass is 10.1. The Balaban J connectivity index is 1.43. The minimum atomic E-state index is -5.84. The van der Waals surface area contributed by atoms with Crippen LogP contribution in [-0.2, 0) is 50.6 Å². The second-order valence-electron chi connectivity index (χ2n) is 9.50. The number of fused-ring (bicyclic) bond motifs is 2. The van der Waals surface area contributed by atoms with Crippen molar-refractivity contribution in [3.05, 3.63) is 27.3 Å². The normalized spacial score (nSPS) is 24.6. The van der Waals surface area contributed by atoms with Crippen LogP contribution in [0.25, 0.3) is 16.0 Å². The van der Waals surface area contributed by atoms with Crippen molar-refractivity contribution in [2.24, 2.45) is 0 Å². The number of anilines is 2. The number of thioether (sulfide) groups is 1. The molecular weight excluding hydrogens is 783 g/mol. The summed E-state index contributed by atoms with van der Waals surface area (Å²) in [5.74, 6) is -1.91. The number of carbonyl (C=O) groups excluding carboxylic acids is 2. The van der Waals surface area contributed by atoms with Gasteiger partial charge in [0.15, 0.2) is 11.9 Å². The molecule has 0 bridgehead atoms. The van der Waals surface area contributed by atoms with E-state index in [0.29, 0.717) is 4.21 Å². The number of phosphoric acid groups is 3. The van der Waals surface area contributed by atoms with E-state index in [2.05, 4.69) is 33.7 Å². The van der Waals surface area contributed by atoms with Gasteiger partial charge in [0.2, 0.25) is 17.9 Å². The highest BCUT2D eigenvalue weighted by atomic mass is 32.2. The molecule has 7 atom stereocenters. The summed E-state index contributed by atoms with van der Waals surface area (Å²) in [7, 11) is -16.0. The van der Waals surface area contributed by atoms with Crippen LogP contribution in [0.3, 0.4) is 0 Å². The molecule has 3 aromatic heterocycles. The van der Waals surface area contributed by atoms with Crippen LogP contribution in [-0.4, -0.2) is 95.5 Å². The van der Waals surface area contributed by atoms with Gasteiger partial charge in [-0.1, -0.05) is 12.2 Å². The Morgan fingerprint density at radius 1 is 1.20 bits per heavy atom. The van der Waals surface area contributed by atoms with Gasteiger partial charge in [0.1, 0.15) is 33.3 Å². The van der Waals surface area contributed by atoms with E-state index in [-0.39, 0.29) is 38.0 Å². The molecule has 2 saturated heterocycles. The summed E-state index contributed by atoms with van der Waals surface area (Å²) in [4.78, 5) is 77.2. The van der Waals surface area contributed by atoms with Gasteiger partial charge in [-0.25, -0.2) is 28.3 Å². The largest absolute Gasteiger partial charge is 0.490 e. The molecule has 23 nitrogen and oxygen atoms in total. The third-order valence-corrected chi connectivity index (χ3v) is 12.7. The maximum Gasteiger partial charge on any atom is 0.490 e. The molecule has 49 heavy (non-hydrogen) atoms. The van der Waals surface area contributed by atoms with Gasteiger partial charge in [-0.2, -0.15) is 13.6 Å². The lowest BCUT2D eigenvalue weighted by Gasteiger charge is -2.22. The van der Waals surface area contributed by atoms with Crippen molar-refractivity contribution in [3.8, 4) is 0 Å². The first-order valence-electron chi connectivity index (χ1n) is 12.8. The molecule has 0 aliphatic carbocycles. The summed E-state index contributed by atoms with van der Waals surface area (Å²) in [5, 5.41) is 2.46. The number of ether oxygens (including phenoxy) is 4. The van der Waals surface area contributed by atoms with Crippen LogP contribution in [0.2, 0.25) is 0 Å². The molecule has 266 valence electrons. The summed E-state index contributed by atoms with van der Waals surface area (Å²) in [6.07, 6.45) is -4.12. The molecular formula is C20H22N7O16P3S3. The van der Waals surface area contributed by atoms with Crippen molar-refractivity contribution in [2.45, 2.75) is 35.0 Å². The summed E-state index contributed by atoms with van der Waals surface area (Å²) in [5.41, 5.74) is 5.88. The van der Waals surface area contributed by atoms with Crippen LogP contribution < -0.4 is 11.1 Å². The second-order valence-corrected chi connectivity index (χ2v) is 16.4. The number of thiophene rings is 1. The highest BCUT2D eigenvalue weighted by molar-refractivity contribution is 8.00. The van der Waals surface area contributed by atoms with Crippen molar-refractivity contribution in [3.63, 3.8) is 0 Å². The molecule has 1 amide bonds. The van der Waals surface area contributed by atoms with Gasteiger partial charge in [0, 0.05) is 0 Å². The number of hydrogen-bond donors (Lipinski definition) is 7. The number of nitrogens with zero attached hydrogens (tertiary/aromatic N) is 4. The fourth-order valence-corrected chi connectivity index (χ4v) is 9.64. The van der Waals surface area contributed by atoms with Crippen LogP contribution in [0.15, 0.2) is 10.5 Å². The van der Waals surface area contributed by atoms with Crippen LogP contribution in [0.5, 0.6) is 0 Å². The quantitative estimate of drug-likeness (QED) is 0.0453. The number of imidazole rings is 1. The molecule has 8 N–H and O–H groups in total. The molecule has 0 aromatic carbocycles. The minimum absolute atomic E-state index is 0.0374. The van der Waals surface area contributed by atoms with E-state index < -0.39 is 72.8 Å². The SMILES string of the molecule is [C-]#[N+]c1c(SC)sc(C(=O)OC)c1NC(=O)[C@@H]1OC2C(COP(=O)(O)OP(=O)(O)OP(=O)(O)O)OC(n3cnc4c(=S)[nH]c(N)nc43)C2O1. The van der Waals surface area contributed by atoms with Crippen LogP contribution >= 0.6 is 58.8 Å². The molecule has 2 fully saturated rings. The predicted octanol–water partition coefficient (Wildman–Crippen LogP) is 2.18. The average Bonchev–Trinajstić information content (AvgIpc) is 3.75. The highest BCUT2D eigenvalue weighted by Crippen LogP contribution is 2.66. The molecule has 0 radical (unpaired) electrons. The molecule has 2 aliphatic heterocycles. The molecule has 3 aromatic rings. The smallest absolute Gasteiger partial charge is 0.465 e. The number of nitrogens with one attached hydrogen (secondary N) is 2. The van der Waals surface area contributed by atoms with Gasteiger partial charge >= 0.3 is 29.4 Å².